The molecule has 2 aliphatic rings. The van der Waals surface area contributed by atoms with Crippen LogP contribution in [0.1, 0.15) is 12.0 Å². The van der Waals surface area contributed by atoms with Gasteiger partial charge in [-0.1, -0.05) is 30.3 Å². The Balaban J connectivity index is 1.53. The highest BCUT2D eigenvalue weighted by Gasteiger charge is 2.34. The van der Waals surface area contributed by atoms with Gasteiger partial charge in [0.05, 0.1) is 13.2 Å². The van der Waals surface area contributed by atoms with Crippen molar-refractivity contribution in [1.82, 2.24) is 9.80 Å². The van der Waals surface area contributed by atoms with Gasteiger partial charge >= 0.3 is 0 Å². The molecule has 2 saturated heterocycles. The molecule has 0 bridgehead atoms. The van der Waals surface area contributed by atoms with E-state index >= 15 is 0 Å². The molecule has 5 heteroatoms. The minimum absolute atomic E-state index is 0.140. The van der Waals surface area contributed by atoms with Crippen LogP contribution in [0.3, 0.4) is 0 Å². The number of hydrogen-bond donors (Lipinski definition) is 0. The lowest BCUT2D eigenvalue weighted by Crippen LogP contribution is -2.50. The highest BCUT2D eigenvalue weighted by Crippen LogP contribution is 2.19. The highest BCUT2D eigenvalue weighted by molar-refractivity contribution is 5.81. The van der Waals surface area contributed by atoms with Gasteiger partial charge in [0, 0.05) is 45.8 Å². The van der Waals surface area contributed by atoms with Crippen LogP contribution in [0.25, 0.3) is 0 Å². The van der Waals surface area contributed by atoms with Crippen molar-refractivity contribution in [3.05, 3.63) is 35.9 Å². The summed E-state index contributed by atoms with van der Waals surface area (Å²) < 4.78 is 11.0. The van der Waals surface area contributed by atoms with Gasteiger partial charge in [0.15, 0.2) is 0 Å². The number of carbonyl (C=O) groups excluding carboxylic acids is 1. The quantitative estimate of drug-likeness (QED) is 0.823. The number of likely N-dealkylation sites (tertiary alicyclic amines) is 1. The number of methoxy groups -OCH3 is 1. The Morgan fingerprint density at radius 2 is 2.09 bits per heavy atom. The first-order valence-electron chi connectivity index (χ1n) is 8.42. The Morgan fingerprint density at radius 1 is 1.26 bits per heavy atom. The van der Waals surface area contributed by atoms with Gasteiger partial charge in [-0.2, -0.15) is 0 Å². The number of hydrogen-bond acceptors (Lipinski definition) is 4. The van der Waals surface area contributed by atoms with E-state index in [4.69, 9.17) is 9.47 Å². The number of carbonyl (C=O) groups is 1. The Morgan fingerprint density at radius 3 is 2.87 bits per heavy atom. The summed E-state index contributed by atoms with van der Waals surface area (Å²) in [6.07, 6.45) is 0.703. The summed E-state index contributed by atoms with van der Waals surface area (Å²) in [6, 6.07) is 10.4. The Kier molecular flexibility index (Phi) is 5.65. The standard InChI is InChI=1S/C18H26N2O3/c1-22-14-16-7-8-20(12-16)18(21)17-13-19(9-10-23-17)11-15-5-3-2-4-6-15/h2-6,16-17H,7-14H2,1H3. The predicted molar refractivity (Wildman–Crippen MR) is 88.0 cm³/mol. The van der Waals surface area contributed by atoms with Crippen LogP contribution in [0.15, 0.2) is 30.3 Å². The second kappa shape index (κ2) is 7.90. The lowest BCUT2D eigenvalue weighted by atomic mass is 10.1. The highest BCUT2D eigenvalue weighted by atomic mass is 16.5. The van der Waals surface area contributed by atoms with Crippen LogP contribution in [-0.2, 0) is 20.8 Å². The fourth-order valence-electron chi connectivity index (χ4n) is 3.45. The summed E-state index contributed by atoms with van der Waals surface area (Å²) in [4.78, 5) is 16.9. The van der Waals surface area contributed by atoms with E-state index in [1.165, 1.54) is 5.56 Å². The van der Waals surface area contributed by atoms with Crippen LogP contribution >= 0.6 is 0 Å². The van der Waals surface area contributed by atoms with Crippen LogP contribution in [0.4, 0.5) is 0 Å². The first-order chi connectivity index (χ1) is 11.3. The van der Waals surface area contributed by atoms with E-state index in [0.29, 0.717) is 19.1 Å². The molecule has 5 nitrogen and oxygen atoms in total. The molecule has 126 valence electrons. The molecule has 2 unspecified atom stereocenters. The van der Waals surface area contributed by atoms with E-state index in [1.807, 2.05) is 11.0 Å². The third-order valence-electron chi connectivity index (χ3n) is 4.67. The average molecular weight is 318 g/mol. The third kappa shape index (κ3) is 4.31. The molecule has 2 aliphatic heterocycles. The number of morpholine rings is 1. The normalized spacial score (nSPS) is 25.7. The zero-order chi connectivity index (χ0) is 16.1. The van der Waals surface area contributed by atoms with E-state index < -0.39 is 0 Å². The number of ether oxygens (including phenoxy) is 2. The molecular formula is C18H26N2O3. The molecule has 0 aromatic heterocycles. The largest absolute Gasteiger partial charge is 0.384 e. The van der Waals surface area contributed by atoms with Crippen molar-refractivity contribution < 1.29 is 14.3 Å². The molecule has 2 heterocycles. The molecule has 2 fully saturated rings. The lowest BCUT2D eigenvalue weighted by Gasteiger charge is -2.34. The maximum Gasteiger partial charge on any atom is 0.253 e. The fraction of sp³-hybridized carbons (Fsp3) is 0.611. The molecule has 23 heavy (non-hydrogen) atoms. The Hall–Kier alpha value is -1.43. The van der Waals surface area contributed by atoms with Crippen molar-refractivity contribution in [1.29, 1.82) is 0 Å². The van der Waals surface area contributed by atoms with Crippen molar-refractivity contribution in [3.63, 3.8) is 0 Å². The average Bonchev–Trinajstić information content (AvgIpc) is 3.04. The first-order valence-corrected chi connectivity index (χ1v) is 8.42. The van der Waals surface area contributed by atoms with Gasteiger partial charge in [0.1, 0.15) is 6.10 Å². The third-order valence-corrected chi connectivity index (χ3v) is 4.67. The van der Waals surface area contributed by atoms with Crippen LogP contribution < -0.4 is 0 Å². The van der Waals surface area contributed by atoms with Crippen LogP contribution in [-0.4, -0.2) is 68.3 Å². The number of amides is 1. The van der Waals surface area contributed by atoms with Gasteiger partial charge in [-0.25, -0.2) is 0 Å². The second-order valence-electron chi connectivity index (χ2n) is 6.47. The molecule has 0 saturated carbocycles. The van der Waals surface area contributed by atoms with Gasteiger partial charge in [-0.3, -0.25) is 9.69 Å². The van der Waals surface area contributed by atoms with Crippen LogP contribution in [0.2, 0.25) is 0 Å². The smallest absolute Gasteiger partial charge is 0.253 e. The maximum absolute atomic E-state index is 12.7. The molecule has 2 atom stereocenters. The minimum Gasteiger partial charge on any atom is -0.384 e. The number of nitrogens with zero attached hydrogens (tertiary/aromatic N) is 2. The minimum atomic E-state index is -0.325. The van der Waals surface area contributed by atoms with Crippen molar-refractivity contribution in [2.24, 2.45) is 5.92 Å². The van der Waals surface area contributed by atoms with Crippen molar-refractivity contribution >= 4 is 5.91 Å². The van der Waals surface area contributed by atoms with E-state index in [-0.39, 0.29) is 12.0 Å². The van der Waals surface area contributed by atoms with E-state index in [0.717, 1.165) is 39.2 Å². The van der Waals surface area contributed by atoms with Gasteiger partial charge < -0.3 is 14.4 Å². The zero-order valence-corrected chi connectivity index (χ0v) is 13.8. The molecule has 1 aromatic carbocycles. The van der Waals surface area contributed by atoms with E-state index in [1.54, 1.807) is 7.11 Å². The lowest BCUT2D eigenvalue weighted by molar-refractivity contribution is -0.148. The maximum atomic E-state index is 12.7. The summed E-state index contributed by atoms with van der Waals surface area (Å²) in [7, 11) is 1.72. The van der Waals surface area contributed by atoms with Gasteiger partial charge in [0.25, 0.3) is 5.91 Å². The Bertz CT molecular complexity index is 508. The monoisotopic (exact) mass is 318 g/mol. The summed E-state index contributed by atoms with van der Waals surface area (Å²) in [5, 5.41) is 0. The van der Waals surface area contributed by atoms with Crippen LogP contribution in [0.5, 0.6) is 0 Å². The number of rotatable bonds is 5. The van der Waals surface area contributed by atoms with Crippen molar-refractivity contribution in [3.8, 4) is 0 Å². The topological polar surface area (TPSA) is 42.0 Å². The summed E-state index contributed by atoms with van der Waals surface area (Å²) in [5.74, 6) is 0.606. The molecule has 1 amide bonds. The van der Waals surface area contributed by atoms with Gasteiger partial charge in [0.2, 0.25) is 0 Å². The molecule has 1 aromatic rings. The van der Waals surface area contributed by atoms with Crippen LogP contribution in [0, 0.1) is 5.92 Å². The summed E-state index contributed by atoms with van der Waals surface area (Å²) >= 11 is 0. The Labute approximate surface area is 138 Å². The summed E-state index contributed by atoms with van der Waals surface area (Å²) in [5.41, 5.74) is 1.28. The fourth-order valence-corrected chi connectivity index (χ4v) is 3.45. The molecule has 0 radical (unpaired) electrons. The predicted octanol–water partition coefficient (Wildman–Crippen LogP) is 1.38. The molecular weight excluding hydrogens is 292 g/mol. The summed E-state index contributed by atoms with van der Waals surface area (Å²) in [6.45, 7) is 5.41. The first kappa shape index (κ1) is 16.4. The molecule has 0 aliphatic carbocycles. The molecule has 0 N–H and O–H groups in total. The van der Waals surface area contributed by atoms with Crippen molar-refractivity contribution in [2.75, 3.05) is 46.5 Å². The zero-order valence-electron chi connectivity index (χ0n) is 13.8. The second-order valence-corrected chi connectivity index (χ2v) is 6.47. The van der Waals surface area contributed by atoms with E-state index in [2.05, 4.69) is 29.2 Å². The van der Waals surface area contributed by atoms with Gasteiger partial charge in [-0.05, 0) is 12.0 Å². The molecule has 3 rings (SSSR count). The number of benzene rings is 1. The SMILES string of the molecule is COCC1CCN(C(=O)C2CN(Cc3ccccc3)CCO2)C1. The van der Waals surface area contributed by atoms with Crippen molar-refractivity contribution in [2.45, 2.75) is 19.1 Å². The molecule has 0 spiro atoms. The van der Waals surface area contributed by atoms with Gasteiger partial charge in [-0.15, -0.1) is 0 Å². The van der Waals surface area contributed by atoms with E-state index in [9.17, 15) is 4.79 Å².